The Hall–Kier alpha value is -0.130. The highest BCUT2D eigenvalue weighted by molar-refractivity contribution is 7.67. The molecule has 0 amide bonds. The molecular weight excluding hydrogens is 178 g/mol. The summed E-state index contributed by atoms with van der Waals surface area (Å²) in [5.41, 5.74) is 0. The molecule has 1 heterocycles. The zero-order valence-electron chi connectivity index (χ0n) is 7.16. The highest BCUT2D eigenvalue weighted by atomic mass is 32.2. The van der Waals surface area contributed by atoms with Crippen molar-refractivity contribution in [2.24, 2.45) is 5.92 Å². The van der Waals surface area contributed by atoms with Gasteiger partial charge >= 0.3 is 0 Å². The van der Waals surface area contributed by atoms with Gasteiger partial charge < -0.3 is 5.32 Å². The van der Waals surface area contributed by atoms with Gasteiger partial charge in [0.2, 0.25) is 0 Å². The lowest BCUT2D eigenvalue weighted by Gasteiger charge is -2.26. The SMILES string of the molecule is CC(O[SH](=O)=O)C1CCCNC1. The van der Waals surface area contributed by atoms with Crippen molar-refractivity contribution in [2.45, 2.75) is 25.9 Å². The molecule has 0 aromatic rings. The lowest BCUT2D eigenvalue weighted by molar-refractivity contribution is 0.144. The second-order valence-corrected chi connectivity index (χ2v) is 3.80. The van der Waals surface area contributed by atoms with Gasteiger partial charge in [-0.15, -0.1) is 0 Å². The highest BCUT2D eigenvalue weighted by Crippen LogP contribution is 2.16. The minimum absolute atomic E-state index is 0.182. The van der Waals surface area contributed by atoms with Crippen molar-refractivity contribution in [3.8, 4) is 0 Å². The molecule has 1 N–H and O–H groups in total. The highest BCUT2D eigenvalue weighted by Gasteiger charge is 2.20. The average Bonchev–Trinajstić information content (AvgIpc) is 2.05. The third-order valence-corrected chi connectivity index (χ3v) is 2.76. The van der Waals surface area contributed by atoms with E-state index >= 15 is 0 Å². The predicted octanol–water partition coefficient (Wildman–Crippen LogP) is -0.0825. The molecule has 1 saturated heterocycles. The number of piperidine rings is 1. The van der Waals surface area contributed by atoms with Crippen LogP contribution in [-0.4, -0.2) is 27.6 Å². The van der Waals surface area contributed by atoms with E-state index < -0.39 is 11.0 Å². The molecule has 0 bridgehead atoms. The second kappa shape index (κ2) is 4.79. The van der Waals surface area contributed by atoms with E-state index in [0.717, 1.165) is 25.9 Å². The van der Waals surface area contributed by atoms with Crippen LogP contribution in [0.1, 0.15) is 19.8 Å². The molecule has 5 heteroatoms. The standard InChI is InChI=1S/C7H15NO3S/c1-6(11-12(9)10)7-3-2-4-8-5-7/h6-8,12H,2-5H2,1H3. The number of rotatable bonds is 3. The number of nitrogens with one attached hydrogen (secondary N) is 1. The largest absolute Gasteiger partial charge is 0.316 e. The molecule has 1 rings (SSSR count). The molecule has 0 aliphatic carbocycles. The Kier molecular flexibility index (Phi) is 3.97. The van der Waals surface area contributed by atoms with Crippen LogP contribution in [0.2, 0.25) is 0 Å². The molecule has 0 aromatic carbocycles. The smallest absolute Gasteiger partial charge is 0.257 e. The van der Waals surface area contributed by atoms with Crippen molar-refractivity contribution in [3.05, 3.63) is 0 Å². The van der Waals surface area contributed by atoms with Crippen LogP contribution in [-0.2, 0) is 15.2 Å². The van der Waals surface area contributed by atoms with Crippen LogP contribution in [0.15, 0.2) is 0 Å². The van der Waals surface area contributed by atoms with Crippen LogP contribution in [0.3, 0.4) is 0 Å². The fourth-order valence-electron chi connectivity index (χ4n) is 1.50. The fraction of sp³-hybridized carbons (Fsp3) is 1.00. The van der Waals surface area contributed by atoms with E-state index in [1.54, 1.807) is 0 Å². The van der Waals surface area contributed by atoms with Gasteiger partial charge in [0.15, 0.2) is 0 Å². The zero-order chi connectivity index (χ0) is 8.97. The summed E-state index contributed by atoms with van der Waals surface area (Å²) in [4.78, 5) is 0. The number of hydrogen-bond acceptors (Lipinski definition) is 4. The summed E-state index contributed by atoms with van der Waals surface area (Å²) in [6.45, 7) is 3.71. The van der Waals surface area contributed by atoms with E-state index in [9.17, 15) is 8.42 Å². The lowest BCUT2D eigenvalue weighted by Crippen LogP contribution is -2.36. The third-order valence-electron chi connectivity index (χ3n) is 2.25. The average molecular weight is 193 g/mol. The molecule has 0 saturated carbocycles. The third kappa shape index (κ3) is 3.08. The Morgan fingerprint density at radius 1 is 1.58 bits per heavy atom. The van der Waals surface area contributed by atoms with Crippen LogP contribution in [0.5, 0.6) is 0 Å². The van der Waals surface area contributed by atoms with Crippen LogP contribution in [0, 0.1) is 5.92 Å². The Bertz CT molecular complexity index is 191. The molecule has 1 aliphatic heterocycles. The van der Waals surface area contributed by atoms with Crippen molar-refractivity contribution in [3.63, 3.8) is 0 Å². The summed E-state index contributed by atoms with van der Waals surface area (Å²) in [5, 5.41) is 3.21. The van der Waals surface area contributed by atoms with E-state index in [2.05, 4.69) is 5.32 Å². The maximum atomic E-state index is 10.2. The molecule has 0 radical (unpaired) electrons. The van der Waals surface area contributed by atoms with Gasteiger partial charge in [-0.25, -0.2) is 8.42 Å². The normalized spacial score (nSPS) is 27.3. The maximum Gasteiger partial charge on any atom is 0.257 e. The van der Waals surface area contributed by atoms with Crippen molar-refractivity contribution in [1.82, 2.24) is 5.32 Å². The van der Waals surface area contributed by atoms with Gasteiger partial charge in [0.25, 0.3) is 11.0 Å². The Morgan fingerprint density at radius 2 is 2.33 bits per heavy atom. The summed E-state index contributed by atoms with van der Waals surface area (Å²) in [6, 6.07) is 0. The number of thiol groups is 1. The lowest BCUT2D eigenvalue weighted by atomic mass is 9.95. The van der Waals surface area contributed by atoms with Gasteiger partial charge in [-0.2, -0.15) is 0 Å². The van der Waals surface area contributed by atoms with E-state index in [-0.39, 0.29) is 6.10 Å². The summed E-state index contributed by atoms with van der Waals surface area (Å²) >= 11 is 0. The van der Waals surface area contributed by atoms with Gasteiger partial charge in [-0.1, -0.05) is 0 Å². The molecule has 12 heavy (non-hydrogen) atoms. The minimum atomic E-state index is -2.69. The predicted molar refractivity (Wildman–Crippen MR) is 46.5 cm³/mol. The van der Waals surface area contributed by atoms with Gasteiger partial charge in [0.05, 0.1) is 6.10 Å². The van der Waals surface area contributed by atoms with E-state index in [0.29, 0.717) is 5.92 Å². The van der Waals surface area contributed by atoms with Crippen LogP contribution < -0.4 is 5.32 Å². The minimum Gasteiger partial charge on any atom is -0.316 e. The first kappa shape index (κ1) is 9.95. The Morgan fingerprint density at radius 3 is 2.83 bits per heavy atom. The van der Waals surface area contributed by atoms with Crippen molar-refractivity contribution >= 4 is 11.0 Å². The summed E-state index contributed by atoms with van der Waals surface area (Å²) < 4.78 is 25.2. The van der Waals surface area contributed by atoms with Crippen molar-refractivity contribution in [1.29, 1.82) is 0 Å². The second-order valence-electron chi connectivity index (χ2n) is 3.14. The first-order valence-corrected chi connectivity index (χ1v) is 5.31. The molecule has 0 aromatic heterocycles. The van der Waals surface area contributed by atoms with Crippen molar-refractivity contribution in [2.75, 3.05) is 13.1 Å². The van der Waals surface area contributed by atoms with Gasteiger partial charge in [-0.3, -0.25) is 4.18 Å². The Labute approximate surface area is 74.5 Å². The molecule has 2 unspecified atom stereocenters. The molecular formula is C7H15NO3S. The summed E-state index contributed by atoms with van der Waals surface area (Å²) in [5.74, 6) is 0.339. The first-order valence-electron chi connectivity index (χ1n) is 4.22. The monoisotopic (exact) mass is 193 g/mol. The van der Waals surface area contributed by atoms with Gasteiger partial charge in [0, 0.05) is 6.54 Å². The van der Waals surface area contributed by atoms with E-state index in [4.69, 9.17) is 4.18 Å². The number of hydrogen-bond donors (Lipinski definition) is 2. The summed E-state index contributed by atoms with van der Waals surface area (Å²) in [7, 11) is -2.69. The molecule has 1 fully saturated rings. The zero-order valence-corrected chi connectivity index (χ0v) is 8.05. The fourth-order valence-corrected chi connectivity index (χ4v) is 1.94. The Balaban J connectivity index is 2.34. The van der Waals surface area contributed by atoms with Crippen LogP contribution >= 0.6 is 0 Å². The quantitative estimate of drug-likeness (QED) is 0.615. The van der Waals surface area contributed by atoms with E-state index in [1.807, 2.05) is 6.92 Å². The molecule has 1 aliphatic rings. The first-order chi connectivity index (χ1) is 5.70. The maximum absolute atomic E-state index is 10.2. The van der Waals surface area contributed by atoms with Crippen LogP contribution in [0.4, 0.5) is 0 Å². The van der Waals surface area contributed by atoms with Crippen LogP contribution in [0.25, 0.3) is 0 Å². The van der Waals surface area contributed by atoms with E-state index in [1.165, 1.54) is 0 Å². The molecule has 2 atom stereocenters. The molecule has 4 nitrogen and oxygen atoms in total. The van der Waals surface area contributed by atoms with Gasteiger partial charge in [0.1, 0.15) is 0 Å². The molecule has 0 spiro atoms. The summed E-state index contributed by atoms with van der Waals surface area (Å²) in [6.07, 6.45) is 1.98. The van der Waals surface area contributed by atoms with Gasteiger partial charge in [-0.05, 0) is 32.2 Å². The molecule has 72 valence electrons. The topological polar surface area (TPSA) is 55.4 Å². The van der Waals surface area contributed by atoms with Crippen molar-refractivity contribution < 1.29 is 12.6 Å².